The van der Waals surface area contributed by atoms with E-state index in [-0.39, 0.29) is 0 Å². The Labute approximate surface area is 124 Å². The molecule has 1 atom stereocenters. The van der Waals surface area contributed by atoms with Gasteiger partial charge in [0.25, 0.3) is 0 Å². The van der Waals surface area contributed by atoms with Gasteiger partial charge < -0.3 is 10.6 Å². The minimum atomic E-state index is -0.644. The quantitative estimate of drug-likeness (QED) is 0.732. The molecule has 0 bridgehead atoms. The highest BCUT2D eigenvalue weighted by atomic mass is 16.1. The normalized spacial score (nSPS) is 23.0. The lowest BCUT2D eigenvalue weighted by molar-refractivity contribution is -0.122. The second-order valence-corrected chi connectivity index (χ2v) is 5.99. The van der Waals surface area contributed by atoms with E-state index >= 15 is 0 Å². The predicted molar refractivity (Wildman–Crippen MR) is 82.6 cm³/mol. The molecule has 1 saturated heterocycles. The van der Waals surface area contributed by atoms with E-state index in [2.05, 4.69) is 42.5 Å². The Morgan fingerprint density at radius 2 is 1.90 bits per heavy atom. The van der Waals surface area contributed by atoms with Crippen LogP contribution < -0.4 is 5.73 Å². The van der Waals surface area contributed by atoms with Crippen LogP contribution in [0.1, 0.15) is 29.5 Å². The fraction of sp³-hybridized carbons (Fsp3) is 0.278. The molecule has 3 heteroatoms. The minimum Gasteiger partial charge on any atom is -0.323 e. The van der Waals surface area contributed by atoms with Gasteiger partial charge in [0.05, 0.1) is 0 Å². The fourth-order valence-corrected chi connectivity index (χ4v) is 3.86. The van der Waals surface area contributed by atoms with Gasteiger partial charge in [0.15, 0.2) is 0 Å². The molecule has 1 unspecified atom stereocenters. The van der Waals surface area contributed by atoms with E-state index in [4.69, 9.17) is 5.73 Å². The molecule has 2 aromatic rings. The summed E-state index contributed by atoms with van der Waals surface area (Å²) in [7, 11) is 0. The maximum atomic E-state index is 11.4. The molecular weight excluding hydrogens is 260 g/mol. The van der Waals surface area contributed by atoms with E-state index < -0.39 is 5.66 Å². The molecule has 1 amide bonds. The van der Waals surface area contributed by atoms with E-state index in [9.17, 15) is 4.79 Å². The molecule has 2 aromatic carbocycles. The first-order chi connectivity index (χ1) is 10.2. The van der Waals surface area contributed by atoms with Gasteiger partial charge in [0.1, 0.15) is 5.66 Å². The Bertz CT molecular complexity index is 725. The molecule has 0 radical (unpaired) electrons. The van der Waals surface area contributed by atoms with Crippen LogP contribution in [0, 0.1) is 0 Å². The number of likely N-dealkylation sites (tertiary alicyclic amines) is 1. The third-order valence-corrected chi connectivity index (χ3v) is 4.91. The standard InChI is InChI=1S/C18H18N2O/c19-18(9-4-10-20(18)12-21)17-8-3-7-15-14-6-2-1-5-13(14)11-16(15)17/h1-3,5-8,12H,4,9-11,19H2. The molecule has 1 heterocycles. The van der Waals surface area contributed by atoms with Gasteiger partial charge in [-0.15, -0.1) is 0 Å². The van der Waals surface area contributed by atoms with Crippen molar-refractivity contribution in [2.45, 2.75) is 24.9 Å². The van der Waals surface area contributed by atoms with Gasteiger partial charge in [-0.1, -0.05) is 42.5 Å². The molecule has 1 fully saturated rings. The SMILES string of the molecule is NC1(c2cccc3c2Cc2ccccc2-3)CCCN1C=O. The van der Waals surface area contributed by atoms with Gasteiger partial charge in [-0.2, -0.15) is 0 Å². The zero-order valence-electron chi connectivity index (χ0n) is 11.9. The fourth-order valence-electron chi connectivity index (χ4n) is 3.86. The third kappa shape index (κ3) is 1.67. The molecule has 0 aromatic heterocycles. The maximum Gasteiger partial charge on any atom is 0.211 e. The van der Waals surface area contributed by atoms with Crippen LogP contribution in [0.5, 0.6) is 0 Å². The van der Waals surface area contributed by atoms with Crippen molar-refractivity contribution in [1.29, 1.82) is 0 Å². The van der Waals surface area contributed by atoms with Crippen molar-refractivity contribution in [3.63, 3.8) is 0 Å². The molecule has 2 aliphatic rings. The monoisotopic (exact) mass is 278 g/mol. The number of rotatable bonds is 2. The average molecular weight is 278 g/mol. The van der Waals surface area contributed by atoms with Crippen molar-refractivity contribution in [2.75, 3.05) is 6.54 Å². The number of benzene rings is 2. The van der Waals surface area contributed by atoms with Crippen LogP contribution in [0.15, 0.2) is 42.5 Å². The first kappa shape index (κ1) is 12.6. The van der Waals surface area contributed by atoms with Gasteiger partial charge in [0.2, 0.25) is 6.41 Å². The minimum absolute atomic E-state index is 0.644. The summed E-state index contributed by atoms with van der Waals surface area (Å²) in [5.74, 6) is 0. The van der Waals surface area contributed by atoms with Crippen LogP contribution >= 0.6 is 0 Å². The summed E-state index contributed by atoms with van der Waals surface area (Å²) in [5, 5.41) is 0. The number of hydrogen-bond acceptors (Lipinski definition) is 2. The first-order valence-electron chi connectivity index (χ1n) is 7.45. The zero-order valence-corrected chi connectivity index (χ0v) is 11.9. The topological polar surface area (TPSA) is 46.3 Å². The molecule has 0 saturated carbocycles. The summed E-state index contributed by atoms with van der Waals surface area (Å²) in [6, 6.07) is 14.8. The Kier molecular flexibility index (Phi) is 2.66. The largest absolute Gasteiger partial charge is 0.323 e. The predicted octanol–water partition coefficient (Wildman–Crippen LogP) is 2.62. The lowest BCUT2D eigenvalue weighted by Gasteiger charge is -2.34. The van der Waals surface area contributed by atoms with Crippen molar-refractivity contribution in [3.8, 4) is 11.1 Å². The molecule has 1 aliphatic carbocycles. The highest BCUT2D eigenvalue weighted by Crippen LogP contribution is 2.43. The van der Waals surface area contributed by atoms with Crippen LogP contribution in [-0.2, 0) is 16.9 Å². The van der Waals surface area contributed by atoms with Gasteiger partial charge in [0, 0.05) is 6.54 Å². The summed E-state index contributed by atoms with van der Waals surface area (Å²) in [5.41, 5.74) is 12.3. The summed E-state index contributed by atoms with van der Waals surface area (Å²) in [6.45, 7) is 0.747. The Morgan fingerprint density at radius 1 is 1.10 bits per heavy atom. The molecule has 4 rings (SSSR count). The van der Waals surface area contributed by atoms with E-state index in [1.807, 2.05) is 0 Å². The van der Waals surface area contributed by atoms with Gasteiger partial charge in [-0.3, -0.25) is 4.79 Å². The molecule has 2 N–H and O–H groups in total. The van der Waals surface area contributed by atoms with Crippen LogP contribution in [0.2, 0.25) is 0 Å². The van der Waals surface area contributed by atoms with Crippen LogP contribution in [-0.4, -0.2) is 17.9 Å². The van der Waals surface area contributed by atoms with Crippen LogP contribution in [0.3, 0.4) is 0 Å². The number of carbonyl (C=O) groups is 1. The Balaban J connectivity index is 1.89. The van der Waals surface area contributed by atoms with E-state index in [0.29, 0.717) is 0 Å². The van der Waals surface area contributed by atoms with Crippen molar-refractivity contribution in [1.82, 2.24) is 4.90 Å². The molecule has 3 nitrogen and oxygen atoms in total. The lowest BCUT2D eigenvalue weighted by Crippen LogP contribution is -2.48. The molecule has 106 valence electrons. The lowest BCUT2D eigenvalue weighted by atomic mass is 9.90. The smallest absolute Gasteiger partial charge is 0.211 e. The van der Waals surface area contributed by atoms with Gasteiger partial charge in [-0.25, -0.2) is 0 Å². The number of nitrogens with zero attached hydrogens (tertiary/aromatic N) is 1. The zero-order chi connectivity index (χ0) is 14.4. The van der Waals surface area contributed by atoms with Crippen molar-refractivity contribution in [3.05, 3.63) is 59.2 Å². The van der Waals surface area contributed by atoms with Crippen molar-refractivity contribution >= 4 is 6.41 Å². The Hall–Kier alpha value is -2.13. The number of nitrogens with two attached hydrogens (primary N) is 1. The van der Waals surface area contributed by atoms with E-state index in [1.54, 1.807) is 4.90 Å². The molecule has 21 heavy (non-hydrogen) atoms. The summed E-state index contributed by atoms with van der Waals surface area (Å²) in [6.07, 6.45) is 3.60. The molecule has 1 aliphatic heterocycles. The third-order valence-electron chi connectivity index (χ3n) is 4.91. The summed E-state index contributed by atoms with van der Waals surface area (Å²) < 4.78 is 0. The van der Waals surface area contributed by atoms with Crippen LogP contribution in [0.25, 0.3) is 11.1 Å². The number of hydrogen-bond donors (Lipinski definition) is 1. The average Bonchev–Trinajstić information content (AvgIpc) is 3.07. The van der Waals surface area contributed by atoms with Gasteiger partial charge in [-0.05, 0) is 47.1 Å². The van der Waals surface area contributed by atoms with Crippen LogP contribution in [0.4, 0.5) is 0 Å². The van der Waals surface area contributed by atoms with Gasteiger partial charge >= 0.3 is 0 Å². The number of carbonyl (C=O) groups excluding carboxylic acids is 1. The second-order valence-electron chi connectivity index (χ2n) is 5.99. The Morgan fingerprint density at radius 3 is 2.76 bits per heavy atom. The maximum absolute atomic E-state index is 11.4. The van der Waals surface area contributed by atoms with Crippen molar-refractivity contribution < 1.29 is 4.79 Å². The van der Waals surface area contributed by atoms with E-state index in [1.165, 1.54) is 22.3 Å². The number of amides is 1. The number of fused-ring (bicyclic) bond motifs is 3. The van der Waals surface area contributed by atoms with Crippen molar-refractivity contribution in [2.24, 2.45) is 5.73 Å². The highest BCUT2D eigenvalue weighted by molar-refractivity contribution is 5.78. The summed E-state index contributed by atoms with van der Waals surface area (Å²) in [4.78, 5) is 13.1. The highest BCUT2D eigenvalue weighted by Gasteiger charge is 2.40. The first-order valence-corrected chi connectivity index (χ1v) is 7.45. The molecule has 0 spiro atoms. The molecular formula is C18H18N2O. The second kappa shape index (κ2) is 4.43. The van der Waals surface area contributed by atoms with E-state index in [0.717, 1.165) is 37.8 Å². The summed E-state index contributed by atoms with van der Waals surface area (Å²) >= 11 is 0.